The first-order chi connectivity index (χ1) is 13.8. The summed E-state index contributed by atoms with van der Waals surface area (Å²) in [5.74, 6) is -0.822. The Morgan fingerprint density at radius 3 is 2.52 bits per heavy atom. The smallest absolute Gasteiger partial charge is 0.449 e. The minimum atomic E-state index is -4.59. The number of aryl methyl sites for hydroxylation is 1. The number of H-pyrrole nitrogens is 1. The lowest BCUT2D eigenvalue weighted by Gasteiger charge is -2.04. The number of carbonyl (C=O) groups is 1. The summed E-state index contributed by atoms with van der Waals surface area (Å²) in [5, 5.41) is 4.32. The van der Waals surface area contributed by atoms with Crippen LogP contribution in [0.3, 0.4) is 0 Å². The number of alkyl halides is 3. The van der Waals surface area contributed by atoms with E-state index in [2.05, 4.69) is 15.1 Å². The number of fused-ring (bicyclic) bond motifs is 1. The molecule has 0 fully saturated rings. The molecule has 1 N–H and O–H groups in total. The third kappa shape index (κ3) is 3.35. The summed E-state index contributed by atoms with van der Waals surface area (Å²) in [6, 6.07) is 12.9. The molecule has 0 aliphatic heterocycles. The molecule has 148 valence electrons. The summed E-state index contributed by atoms with van der Waals surface area (Å²) in [5.41, 5.74) is 2.09. The molecule has 4 aromatic rings. The number of aromatic nitrogens is 4. The van der Waals surface area contributed by atoms with E-state index in [4.69, 9.17) is 4.74 Å². The second-order valence-corrected chi connectivity index (χ2v) is 6.40. The molecule has 2 aromatic carbocycles. The number of ether oxygens (including phenoxy) is 1. The second kappa shape index (κ2) is 6.77. The van der Waals surface area contributed by atoms with Gasteiger partial charge in [0.05, 0.1) is 23.8 Å². The number of hydrogen-bond donors (Lipinski definition) is 1. The van der Waals surface area contributed by atoms with Gasteiger partial charge in [-0.3, -0.25) is 4.79 Å². The van der Waals surface area contributed by atoms with Crippen LogP contribution in [-0.2, 0) is 6.18 Å². The van der Waals surface area contributed by atoms with Gasteiger partial charge in [0.15, 0.2) is 0 Å². The van der Waals surface area contributed by atoms with E-state index in [9.17, 15) is 18.0 Å². The zero-order valence-corrected chi connectivity index (χ0v) is 15.4. The fourth-order valence-electron chi connectivity index (χ4n) is 3.04. The van der Waals surface area contributed by atoms with Gasteiger partial charge in [-0.05, 0) is 43.3 Å². The number of halogens is 3. The van der Waals surface area contributed by atoms with E-state index >= 15 is 0 Å². The van der Waals surface area contributed by atoms with Crippen molar-refractivity contribution >= 4 is 16.9 Å². The lowest BCUT2D eigenvalue weighted by Crippen LogP contribution is -2.15. The van der Waals surface area contributed by atoms with Crippen LogP contribution >= 0.6 is 0 Å². The van der Waals surface area contributed by atoms with Gasteiger partial charge in [-0.15, -0.1) is 0 Å². The molecule has 0 spiro atoms. The lowest BCUT2D eigenvalue weighted by molar-refractivity contribution is -0.144. The average Bonchev–Trinajstić information content (AvgIpc) is 3.31. The SMILES string of the molecule is COc1ccc(C(=O)n2nc(-c3cccc4[nH]c(C(F)(F)F)nc34)cc2C)cc1. The first-order valence-corrected chi connectivity index (χ1v) is 8.59. The molecule has 0 aliphatic rings. The van der Waals surface area contributed by atoms with Gasteiger partial charge in [0, 0.05) is 16.8 Å². The van der Waals surface area contributed by atoms with Crippen LogP contribution in [-0.4, -0.2) is 32.8 Å². The first kappa shape index (κ1) is 18.7. The number of carbonyl (C=O) groups excluding carboxylic acids is 1. The predicted molar refractivity (Wildman–Crippen MR) is 99.8 cm³/mol. The van der Waals surface area contributed by atoms with Crippen molar-refractivity contribution in [2.75, 3.05) is 7.11 Å². The largest absolute Gasteiger partial charge is 0.497 e. The van der Waals surface area contributed by atoms with Crippen LogP contribution in [0.2, 0.25) is 0 Å². The van der Waals surface area contributed by atoms with E-state index in [0.717, 1.165) is 0 Å². The number of methoxy groups -OCH3 is 1. The van der Waals surface area contributed by atoms with Crippen molar-refractivity contribution in [3.05, 3.63) is 65.6 Å². The third-order valence-corrected chi connectivity index (χ3v) is 4.47. The van der Waals surface area contributed by atoms with Crippen LogP contribution in [0.1, 0.15) is 21.9 Å². The van der Waals surface area contributed by atoms with Crippen molar-refractivity contribution in [1.82, 2.24) is 19.7 Å². The summed E-state index contributed by atoms with van der Waals surface area (Å²) in [6.07, 6.45) is -4.59. The monoisotopic (exact) mass is 400 g/mol. The van der Waals surface area contributed by atoms with Crippen LogP contribution in [0.5, 0.6) is 5.75 Å². The summed E-state index contributed by atoms with van der Waals surface area (Å²) < 4.78 is 45.3. The zero-order chi connectivity index (χ0) is 20.8. The third-order valence-electron chi connectivity index (χ3n) is 4.47. The number of benzene rings is 2. The van der Waals surface area contributed by atoms with Crippen molar-refractivity contribution < 1.29 is 22.7 Å². The number of aromatic amines is 1. The zero-order valence-electron chi connectivity index (χ0n) is 15.4. The van der Waals surface area contributed by atoms with Gasteiger partial charge in [0.25, 0.3) is 5.91 Å². The molecule has 0 amide bonds. The molecular formula is C20H15F3N4O2. The van der Waals surface area contributed by atoms with Crippen molar-refractivity contribution in [3.63, 3.8) is 0 Å². The Kier molecular flexibility index (Phi) is 4.37. The highest BCUT2D eigenvalue weighted by molar-refractivity contribution is 5.97. The highest BCUT2D eigenvalue weighted by Gasteiger charge is 2.35. The molecule has 0 saturated carbocycles. The van der Waals surface area contributed by atoms with Crippen LogP contribution in [0.25, 0.3) is 22.3 Å². The molecule has 0 aliphatic carbocycles. The second-order valence-electron chi connectivity index (χ2n) is 6.40. The van der Waals surface area contributed by atoms with E-state index in [0.29, 0.717) is 28.3 Å². The van der Waals surface area contributed by atoms with Gasteiger partial charge in [-0.25, -0.2) is 9.67 Å². The van der Waals surface area contributed by atoms with Crippen molar-refractivity contribution in [2.24, 2.45) is 0 Å². The quantitative estimate of drug-likeness (QED) is 0.552. The van der Waals surface area contributed by atoms with E-state index in [-0.39, 0.29) is 16.9 Å². The predicted octanol–water partition coefficient (Wildman–Crippen LogP) is 4.45. The molecule has 2 aromatic heterocycles. The molecule has 4 rings (SSSR count). The lowest BCUT2D eigenvalue weighted by atomic mass is 10.1. The molecule has 0 radical (unpaired) electrons. The molecule has 0 atom stereocenters. The molecule has 9 heteroatoms. The molecule has 6 nitrogen and oxygen atoms in total. The highest BCUT2D eigenvalue weighted by atomic mass is 19.4. The maximum absolute atomic E-state index is 13.0. The average molecular weight is 400 g/mol. The number of rotatable bonds is 3. The van der Waals surface area contributed by atoms with Gasteiger partial charge in [-0.1, -0.05) is 12.1 Å². The molecule has 2 heterocycles. The fraction of sp³-hybridized carbons (Fsp3) is 0.150. The number of nitrogens with zero attached hydrogens (tertiary/aromatic N) is 3. The van der Waals surface area contributed by atoms with Gasteiger partial charge < -0.3 is 9.72 Å². The molecule has 0 bridgehead atoms. The maximum Gasteiger partial charge on any atom is 0.449 e. The number of hydrogen-bond acceptors (Lipinski definition) is 4. The van der Waals surface area contributed by atoms with E-state index in [1.807, 2.05) is 0 Å². The molecular weight excluding hydrogens is 385 g/mol. The Balaban J connectivity index is 1.76. The fourth-order valence-corrected chi connectivity index (χ4v) is 3.04. The summed E-state index contributed by atoms with van der Waals surface area (Å²) >= 11 is 0. The number of para-hydroxylation sites is 1. The van der Waals surface area contributed by atoms with Crippen LogP contribution < -0.4 is 4.74 Å². The van der Waals surface area contributed by atoms with Crippen LogP contribution in [0.15, 0.2) is 48.5 Å². The van der Waals surface area contributed by atoms with Crippen molar-refractivity contribution in [1.29, 1.82) is 0 Å². The van der Waals surface area contributed by atoms with Crippen LogP contribution in [0.4, 0.5) is 13.2 Å². The maximum atomic E-state index is 13.0. The Labute approximate surface area is 162 Å². The highest BCUT2D eigenvalue weighted by Crippen LogP contribution is 2.32. The minimum Gasteiger partial charge on any atom is -0.497 e. The minimum absolute atomic E-state index is 0.140. The summed E-state index contributed by atoms with van der Waals surface area (Å²) in [7, 11) is 1.53. The van der Waals surface area contributed by atoms with E-state index < -0.39 is 12.0 Å². The first-order valence-electron chi connectivity index (χ1n) is 8.59. The van der Waals surface area contributed by atoms with E-state index in [1.165, 1.54) is 17.9 Å². The number of imidazole rings is 1. The molecule has 0 unspecified atom stereocenters. The Morgan fingerprint density at radius 2 is 1.86 bits per heavy atom. The van der Waals surface area contributed by atoms with Crippen molar-refractivity contribution in [3.8, 4) is 17.0 Å². The van der Waals surface area contributed by atoms with Gasteiger partial charge in [-0.2, -0.15) is 18.3 Å². The van der Waals surface area contributed by atoms with Gasteiger partial charge in [0.1, 0.15) is 5.75 Å². The Bertz CT molecular complexity index is 1210. The topological polar surface area (TPSA) is 72.8 Å². The van der Waals surface area contributed by atoms with E-state index in [1.54, 1.807) is 49.4 Å². The van der Waals surface area contributed by atoms with Gasteiger partial charge >= 0.3 is 6.18 Å². The number of nitrogens with one attached hydrogen (secondary N) is 1. The normalized spacial score (nSPS) is 11.8. The molecule has 29 heavy (non-hydrogen) atoms. The summed E-state index contributed by atoms with van der Waals surface area (Å²) in [6.45, 7) is 1.70. The molecule has 0 saturated heterocycles. The van der Waals surface area contributed by atoms with Crippen LogP contribution in [0, 0.1) is 6.92 Å². The standard InChI is InChI=1S/C20H15F3N4O2/c1-11-10-16(26-27(11)18(28)12-6-8-13(29-2)9-7-12)14-4-3-5-15-17(14)25-19(24-15)20(21,22)23/h3-10H,1-2H3,(H,24,25). The summed E-state index contributed by atoms with van der Waals surface area (Å²) in [4.78, 5) is 18.8. The van der Waals surface area contributed by atoms with Crippen molar-refractivity contribution in [2.45, 2.75) is 13.1 Å². The Hall–Kier alpha value is -3.62. The Morgan fingerprint density at radius 1 is 1.14 bits per heavy atom. The van der Waals surface area contributed by atoms with Gasteiger partial charge in [0.2, 0.25) is 5.82 Å².